The quantitative estimate of drug-likeness (QED) is 0.730. The SMILES string of the molecule is COc1cc([C](C)CF)ccc1Cl. The van der Waals surface area contributed by atoms with Crippen molar-refractivity contribution >= 4 is 11.6 Å². The van der Waals surface area contributed by atoms with Gasteiger partial charge in [0.15, 0.2) is 0 Å². The second kappa shape index (κ2) is 4.47. The zero-order valence-corrected chi connectivity index (χ0v) is 8.36. The predicted octanol–water partition coefficient (Wildman–Crippen LogP) is 3.26. The lowest BCUT2D eigenvalue weighted by Gasteiger charge is -2.09. The fourth-order valence-corrected chi connectivity index (χ4v) is 1.20. The smallest absolute Gasteiger partial charge is 0.137 e. The van der Waals surface area contributed by atoms with Crippen molar-refractivity contribution < 1.29 is 9.13 Å². The summed E-state index contributed by atoms with van der Waals surface area (Å²) in [6.45, 7) is 1.29. The van der Waals surface area contributed by atoms with E-state index in [9.17, 15) is 4.39 Å². The molecule has 0 aliphatic rings. The Morgan fingerprint density at radius 3 is 2.77 bits per heavy atom. The van der Waals surface area contributed by atoms with Crippen LogP contribution in [-0.4, -0.2) is 13.8 Å². The molecule has 1 rings (SSSR count). The largest absolute Gasteiger partial charge is 0.495 e. The van der Waals surface area contributed by atoms with Crippen LogP contribution in [0.1, 0.15) is 12.5 Å². The molecule has 0 bridgehead atoms. The van der Waals surface area contributed by atoms with Crippen molar-refractivity contribution in [1.82, 2.24) is 0 Å². The molecule has 71 valence electrons. The Balaban J connectivity index is 2.99. The van der Waals surface area contributed by atoms with Gasteiger partial charge in [0.05, 0.1) is 18.8 Å². The third-order valence-corrected chi connectivity index (χ3v) is 2.16. The van der Waals surface area contributed by atoms with E-state index >= 15 is 0 Å². The van der Waals surface area contributed by atoms with Gasteiger partial charge in [-0.3, -0.25) is 4.39 Å². The molecule has 0 saturated heterocycles. The van der Waals surface area contributed by atoms with Crippen molar-refractivity contribution in [1.29, 1.82) is 0 Å². The van der Waals surface area contributed by atoms with Gasteiger partial charge in [0, 0.05) is 5.92 Å². The molecular weight excluding hydrogens is 191 g/mol. The van der Waals surface area contributed by atoms with Gasteiger partial charge in [0.1, 0.15) is 5.75 Å². The first kappa shape index (κ1) is 10.3. The van der Waals surface area contributed by atoms with Gasteiger partial charge in [0.25, 0.3) is 0 Å². The second-order valence-electron chi connectivity index (χ2n) is 2.76. The van der Waals surface area contributed by atoms with Gasteiger partial charge >= 0.3 is 0 Å². The zero-order valence-electron chi connectivity index (χ0n) is 7.60. The van der Waals surface area contributed by atoms with Crippen LogP contribution in [0, 0.1) is 5.92 Å². The highest BCUT2D eigenvalue weighted by atomic mass is 35.5. The number of benzene rings is 1. The van der Waals surface area contributed by atoms with Crippen molar-refractivity contribution in [3.05, 3.63) is 34.7 Å². The first-order chi connectivity index (χ1) is 6.19. The van der Waals surface area contributed by atoms with E-state index in [0.717, 1.165) is 5.56 Å². The normalized spacial score (nSPS) is 10.5. The summed E-state index contributed by atoms with van der Waals surface area (Å²) in [5, 5.41) is 0.540. The molecule has 1 aromatic rings. The van der Waals surface area contributed by atoms with Gasteiger partial charge in [-0.2, -0.15) is 0 Å². The van der Waals surface area contributed by atoms with Gasteiger partial charge in [-0.15, -0.1) is 0 Å². The minimum atomic E-state index is -0.454. The Hall–Kier alpha value is -0.760. The molecule has 0 atom stereocenters. The predicted molar refractivity (Wildman–Crippen MR) is 52.0 cm³/mol. The van der Waals surface area contributed by atoms with Crippen LogP contribution in [0.3, 0.4) is 0 Å². The van der Waals surface area contributed by atoms with Crippen molar-refractivity contribution in [3.63, 3.8) is 0 Å². The van der Waals surface area contributed by atoms with Gasteiger partial charge in [-0.1, -0.05) is 24.6 Å². The molecule has 0 aliphatic heterocycles. The first-order valence-corrected chi connectivity index (χ1v) is 4.29. The van der Waals surface area contributed by atoms with E-state index < -0.39 is 6.67 Å². The lowest BCUT2D eigenvalue weighted by molar-refractivity contribution is 0.414. The Morgan fingerprint density at radius 2 is 2.23 bits per heavy atom. The van der Waals surface area contributed by atoms with Gasteiger partial charge in [-0.25, -0.2) is 0 Å². The third-order valence-electron chi connectivity index (χ3n) is 1.84. The van der Waals surface area contributed by atoms with Gasteiger partial charge in [0.2, 0.25) is 0 Å². The molecule has 0 N–H and O–H groups in total. The molecule has 0 heterocycles. The Bertz CT molecular complexity index is 288. The molecule has 1 nitrogen and oxygen atoms in total. The summed E-state index contributed by atoms with van der Waals surface area (Å²) in [6, 6.07) is 5.21. The standard InChI is InChI=1S/C10H11ClFO/c1-7(6-12)8-3-4-9(11)10(5-8)13-2/h3-5H,6H2,1-2H3. The maximum absolute atomic E-state index is 12.3. The number of rotatable bonds is 3. The van der Waals surface area contributed by atoms with Crippen LogP contribution in [-0.2, 0) is 0 Å². The number of ether oxygens (including phenoxy) is 1. The fourth-order valence-electron chi connectivity index (χ4n) is 1.00. The van der Waals surface area contributed by atoms with E-state index in [4.69, 9.17) is 16.3 Å². The van der Waals surface area contributed by atoms with Gasteiger partial charge < -0.3 is 4.74 Å². The van der Waals surface area contributed by atoms with Crippen LogP contribution >= 0.6 is 11.6 Å². The molecule has 0 unspecified atom stereocenters. The first-order valence-electron chi connectivity index (χ1n) is 3.91. The summed E-state index contributed by atoms with van der Waals surface area (Å²) in [7, 11) is 1.54. The molecule has 0 spiro atoms. The van der Waals surface area contributed by atoms with Crippen LogP contribution < -0.4 is 4.74 Å². The summed E-state index contributed by atoms with van der Waals surface area (Å²) in [5.74, 6) is 1.25. The van der Waals surface area contributed by atoms with Crippen LogP contribution in [0.4, 0.5) is 4.39 Å². The maximum atomic E-state index is 12.3. The van der Waals surface area contributed by atoms with Gasteiger partial charge in [-0.05, 0) is 17.7 Å². The Kier molecular flexibility index (Phi) is 3.55. The van der Waals surface area contributed by atoms with E-state index in [1.165, 1.54) is 7.11 Å². The summed E-state index contributed by atoms with van der Waals surface area (Å²) in [5.41, 5.74) is 0.823. The van der Waals surface area contributed by atoms with E-state index in [-0.39, 0.29) is 0 Å². The fraction of sp³-hybridized carbons (Fsp3) is 0.300. The number of halogens is 2. The third kappa shape index (κ3) is 2.34. The average Bonchev–Trinajstić information content (AvgIpc) is 2.17. The van der Waals surface area contributed by atoms with Crippen molar-refractivity contribution in [2.45, 2.75) is 6.92 Å². The van der Waals surface area contributed by atoms with Crippen LogP contribution in [0.25, 0.3) is 0 Å². The van der Waals surface area contributed by atoms with Crippen LogP contribution in [0.5, 0.6) is 5.75 Å². The lowest BCUT2D eigenvalue weighted by Crippen LogP contribution is -1.97. The highest BCUT2D eigenvalue weighted by Gasteiger charge is 2.08. The van der Waals surface area contributed by atoms with Crippen LogP contribution in [0.2, 0.25) is 5.02 Å². The molecule has 13 heavy (non-hydrogen) atoms. The summed E-state index contributed by atoms with van der Waals surface area (Å²) >= 11 is 5.82. The minimum absolute atomic E-state index is 0.454. The molecule has 0 aliphatic carbocycles. The average molecular weight is 202 g/mol. The van der Waals surface area contributed by atoms with E-state index in [1.807, 2.05) is 0 Å². The van der Waals surface area contributed by atoms with Crippen LogP contribution in [0.15, 0.2) is 18.2 Å². The molecular formula is C10H11ClFO. The number of alkyl halides is 1. The van der Waals surface area contributed by atoms with Crippen molar-refractivity contribution in [2.75, 3.05) is 13.8 Å². The highest BCUT2D eigenvalue weighted by Crippen LogP contribution is 2.28. The maximum Gasteiger partial charge on any atom is 0.137 e. The number of hydrogen-bond donors (Lipinski definition) is 0. The monoisotopic (exact) mass is 201 g/mol. The number of hydrogen-bond acceptors (Lipinski definition) is 1. The molecule has 0 saturated carbocycles. The van der Waals surface area contributed by atoms with E-state index in [1.54, 1.807) is 25.1 Å². The summed E-state index contributed by atoms with van der Waals surface area (Å²) in [4.78, 5) is 0. The Labute approximate surface area is 82.5 Å². The minimum Gasteiger partial charge on any atom is -0.495 e. The molecule has 0 fully saturated rings. The molecule has 1 aromatic carbocycles. The van der Waals surface area contributed by atoms with Crippen molar-refractivity contribution in [2.24, 2.45) is 0 Å². The summed E-state index contributed by atoms with van der Waals surface area (Å²) in [6.07, 6.45) is 0. The lowest BCUT2D eigenvalue weighted by atomic mass is 10.0. The Morgan fingerprint density at radius 1 is 1.54 bits per heavy atom. The molecule has 3 heteroatoms. The highest BCUT2D eigenvalue weighted by molar-refractivity contribution is 6.32. The molecule has 0 aromatic heterocycles. The zero-order chi connectivity index (χ0) is 9.84. The molecule has 0 amide bonds. The summed E-state index contributed by atoms with van der Waals surface area (Å²) < 4.78 is 17.3. The topological polar surface area (TPSA) is 9.23 Å². The number of methoxy groups -OCH3 is 1. The second-order valence-corrected chi connectivity index (χ2v) is 3.17. The van der Waals surface area contributed by atoms with Crippen molar-refractivity contribution in [3.8, 4) is 5.75 Å². The van der Waals surface area contributed by atoms with E-state index in [0.29, 0.717) is 16.7 Å². The molecule has 1 radical (unpaired) electrons. The van der Waals surface area contributed by atoms with E-state index in [2.05, 4.69) is 0 Å².